The van der Waals surface area contributed by atoms with E-state index in [1.807, 2.05) is 19.9 Å². The number of carbonyl (C=O) groups is 1. The fraction of sp³-hybridized carbons (Fsp3) is 0.353. The van der Waals surface area contributed by atoms with Crippen LogP contribution in [0.1, 0.15) is 21.7 Å². The Morgan fingerprint density at radius 1 is 1.08 bits per heavy atom. The van der Waals surface area contributed by atoms with Gasteiger partial charge in [-0.25, -0.2) is 9.97 Å². The van der Waals surface area contributed by atoms with Crippen molar-refractivity contribution in [2.24, 2.45) is 0 Å². The summed E-state index contributed by atoms with van der Waals surface area (Å²) in [6, 6.07) is 7.76. The number of non-ortho nitro benzene ring substituents is 1. The predicted octanol–water partition coefficient (Wildman–Crippen LogP) is 1.96. The maximum absolute atomic E-state index is 12.6. The van der Waals surface area contributed by atoms with Crippen molar-refractivity contribution in [1.82, 2.24) is 14.9 Å². The second kappa shape index (κ2) is 6.84. The van der Waals surface area contributed by atoms with Crippen molar-refractivity contribution in [3.8, 4) is 0 Å². The molecule has 0 N–H and O–H groups in total. The number of rotatable bonds is 3. The first-order valence-corrected chi connectivity index (χ1v) is 8.05. The van der Waals surface area contributed by atoms with Crippen LogP contribution in [-0.2, 0) is 0 Å². The van der Waals surface area contributed by atoms with Gasteiger partial charge in [-0.05, 0) is 26.0 Å². The molecule has 0 radical (unpaired) electrons. The molecule has 1 amide bonds. The number of piperazine rings is 1. The fourth-order valence-corrected chi connectivity index (χ4v) is 2.89. The van der Waals surface area contributed by atoms with Gasteiger partial charge in [0, 0.05) is 55.3 Å². The number of nitro benzene ring substituents is 1. The van der Waals surface area contributed by atoms with Crippen LogP contribution in [0, 0.1) is 24.0 Å². The first-order chi connectivity index (χ1) is 11.9. The Balaban J connectivity index is 1.68. The van der Waals surface area contributed by atoms with E-state index in [-0.39, 0.29) is 11.6 Å². The highest BCUT2D eigenvalue weighted by atomic mass is 16.6. The van der Waals surface area contributed by atoms with E-state index in [1.165, 1.54) is 18.2 Å². The van der Waals surface area contributed by atoms with E-state index < -0.39 is 4.92 Å². The average molecular weight is 341 g/mol. The van der Waals surface area contributed by atoms with Gasteiger partial charge in [-0.15, -0.1) is 0 Å². The van der Waals surface area contributed by atoms with Gasteiger partial charge in [-0.2, -0.15) is 0 Å². The van der Waals surface area contributed by atoms with Gasteiger partial charge in [0.05, 0.1) is 4.92 Å². The minimum Gasteiger partial charge on any atom is -0.337 e. The molecule has 8 heteroatoms. The molecule has 8 nitrogen and oxygen atoms in total. The molecule has 0 aliphatic carbocycles. The zero-order valence-electron chi connectivity index (χ0n) is 14.2. The number of nitro groups is 1. The van der Waals surface area contributed by atoms with Crippen molar-refractivity contribution in [2.75, 3.05) is 31.1 Å². The topological polar surface area (TPSA) is 92.5 Å². The summed E-state index contributed by atoms with van der Waals surface area (Å²) in [5.41, 5.74) is 2.09. The summed E-state index contributed by atoms with van der Waals surface area (Å²) in [5, 5.41) is 10.9. The molecule has 1 aliphatic heterocycles. The summed E-state index contributed by atoms with van der Waals surface area (Å²) in [7, 11) is 0. The van der Waals surface area contributed by atoms with Gasteiger partial charge in [-0.1, -0.05) is 6.07 Å². The molecule has 130 valence electrons. The number of aryl methyl sites for hydroxylation is 2. The first-order valence-electron chi connectivity index (χ1n) is 8.05. The lowest BCUT2D eigenvalue weighted by Gasteiger charge is -2.35. The zero-order chi connectivity index (χ0) is 18.0. The highest BCUT2D eigenvalue weighted by Gasteiger charge is 2.24. The number of nitrogens with zero attached hydrogens (tertiary/aromatic N) is 5. The lowest BCUT2D eigenvalue weighted by Crippen LogP contribution is -2.49. The highest BCUT2D eigenvalue weighted by molar-refractivity contribution is 5.95. The Morgan fingerprint density at radius 3 is 2.32 bits per heavy atom. The molecule has 0 saturated carbocycles. The normalized spacial score (nSPS) is 14.5. The number of carbonyl (C=O) groups excluding carboxylic acids is 1. The maximum atomic E-state index is 12.6. The summed E-state index contributed by atoms with van der Waals surface area (Å²) in [6.07, 6.45) is 0. The molecule has 0 unspecified atom stereocenters. The van der Waals surface area contributed by atoms with E-state index in [0.29, 0.717) is 37.7 Å². The smallest absolute Gasteiger partial charge is 0.270 e. The summed E-state index contributed by atoms with van der Waals surface area (Å²) in [4.78, 5) is 35.6. The SMILES string of the molecule is Cc1cc(C)nc(N2CCN(C(=O)c3cccc([N+](=O)[O-])c3)CC2)n1. The average Bonchev–Trinajstić information content (AvgIpc) is 2.60. The van der Waals surface area contributed by atoms with Gasteiger partial charge >= 0.3 is 0 Å². The van der Waals surface area contributed by atoms with Crippen LogP contribution >= 0.6 is 0 Å². The standard InChI is InChI=1S/C17H19N5O3/c1-12-10-13(2)19-17(18-12)21-8-6-20(7-9-21)16(23)14-4-3-5-15(11-14)22(24)25/h3-5,10-11H,6-9H2,1-2H3. The molecule has 1 aliphatic rings. The highest BCUT2D eigenvalue weighted by Crippen LogP contribution is 2.17. The Kier molecular flexibility index (Phi) is 4.60. The lowest BCUT2D eigenvalue weighted by molar-refractivity contribution is -0.384. The Bertz CT molecular complexity index is 795. The van der Waals surface area contributed by atoms with Gasteiger partial charge in [0.25, 0.3) is 11.6 Å². The molecule has 1 aromatic heterocycles. The van der Waals surface area contributed by atoms with Crippen molar-refractivity contribution in [3.63, 3.8) is 0 Å². The Morgan fingerprint density at radius 2 is 1.72 bits per heavy atom. The van der Waals surface area contributed by atoms with E-state index in [9.17, 15) is 14.9 Å². The third-order valence-electron chi connectivity index (χ3n) is 4.12. The van der Waals surface area contributed by atoms with Crippen LogP contribution in [0.5, 0.6) is 0 Å². The van der Waals surface area contributed by atoms with Crippen LogP contribution in [0.2, 0.25) is 0 Å². The van der Waals surface area contributed by atoms with Gasteiger partial charge in [0.2, 0.25) is 5.95 Å². The molecule has 1 fully saturated rings. The third kappa shape index (κ3) is 3.73. The van der Waals surface area contributed by atoms with Crippen LogP contribution in [0.3, 0.4) is 0 Å². The van der Waals surface area contributed by atoms with E-state index in [4.69, 9.17) is 0 Å². The monoisotopic (exact) mass is 341 g/mol. The molecule has 0 spiro atoms. The number of hydrogen-bond donors (Lipinski definition) is 0. The van der Waals surface area contributed by atoms with E-state index in [1.54, 1.807) is 11.0 Å². The number of hydrogen-bond acceptors (Lipinski definition) is 6. The quantitative estimate of drug-likeness (QED) is 0.626. The molecular weight excluding hydrogens is 322 g/mol. The van der Waals surface area contributed by atoms with E-state index in [2.05, 4.69) is 14.9 Å². The van der Waals surface area contributed by atoms with Crippen LogP contribution in [0.15, 0.2) is 30.3 Å². The van der Waals surface area contributed by atoms with Gasteiger partial charge < -0.3 is 9.80 Å². The number of anilines is 1. The van der Waals surface area contributed by atoms with Crippen molar-refractivity contribution >= 4 is 17.5 Å². The molecule has 0 bridgehead atoms. The fourth-order valence-electron chi connectivity index (χ4n) is 2.89. The van der Waals surface area contributed by atoms with Crippen molar-refractivity contribution < 1.29 is 9.72 Å². The summed E-state index contributed by atoms with van der Waals surface area (Å²) >= 11 is 0. The minimum atomic E-state index is -0.494. The number of aromatic nitrogens is 2. The Hall–Kier alpha value is -3.03. The second-order valence-corrected chi connectivity index (χ2v) is 6.04. The number of benzene rings is 1. The predicted molar refractivity (Wildman–Crippen MR) is 92.7 cm³/mol. The van der Waals surface area contributed by atoms with Crippen molar-refractivity contribution in [1.29, 1.82) is 0 Å². The van der Waals surface area contributed by atoms with Crippen LogP contribution < -0.4 is 4.90 Å². The van der Waals surface area contributed by atoms with Crippen molar-refractivity contribution in [3.05, 3.63) is 57.4 Å². The van der Waals surface area contributed by atoms with Crippen LogP contribution in [-0.4, -0.2) is 51.9 Å². The zero-order valence-corrected chi connectivity index (χ0v) is 14.2. The maximum Gasteiger partial charge on any atom is 0.270 e. The first kappa shape index (κ1) is 16.8. The van der Waals surface area contributed by atoms with Gasteiger partial charge in [-0.3, -0.25) is 14.9 Å². The van der Waals surface area contributed by atoms with E-state index in [0.717, 1.165) is 11.4 Å². The largest absolute Gasteiger partial charge is 0.337 e. The van der Waals surface area contributed by atoms with Crippen LogP contribution in [0.4, 0.5) is 11.6 Å². The minimum absolute atomic E-state index is 0.0758. The molecule has 2 heterocycles. The molecule has 1 saturated heterocycles. The van der Waals surface area contributed by atoms with Gasteiger partial charge in [0.1, 0.15) is 0 Å². The molecule has 25 heavy (non-hydrogen) atoms. The second-order valence-electron chi connectivity index (χ2n) is 6.04. The van der Waals surface area contributed by atoms with Gasteiger partial charge in [0.15, 0.2) is 0 Å². The molecule has 2 aromatic rings. The molecule has 0 atom stereocenters. The lowest BCUT2D eigenvalue weighted by atomic mass is 10.1. The molecule has 3 rings (SSSR count). The third-order valence-corrected chi connectivity index (χ3v) is 4.12. The Labute approximate surface area is 145 Å². The molecule has 1 aromatic carbocycles. The molecular formula is C17H19N5O3. The summed E-state index contributed by atoms with van der Waals surface area (Å²) < 4.78 is 0. The van der Waals surface area contributed by atoms with Crippen molar-refractivity contribution in [2.45, 2.75) is 13.8 Å². The summed E-state index contributed by atoms with van der Waals surface area (Å²) in [5.74, 6) is 0.490. The number of amides is 1. The summed E-state index contributed by atoms with van der Waals surface area (Å²) in [6.45, 7) is 6.17. The van der Waals surface area contributed by atoms with Crippen LogP contribution in [0.25, 0.3) is 0 Å². The van der Waals surface area contributed by atoms with E-state index >= 15 is 0 Å².